The fourth-order valence-corrected chi connectivity index (χ4v) is 3.64. The topological polar surface area (TPSA) is 77.7 Å². The minimum absolute atomic E-state index is 0.0603. The zero-order valence-electron chi connectivity index (χ0n) is 13.5. The Morgan fingerprint density at radius 3 is 3.00 bits per heavy atom. The number of aromatic nitrogens is 4. The van der Waals surface area contributed by atoms with E-state index in [1.54, 1.807) is 12.3 Å². The van der Waals surface area contributed by atoms with Gasteiger partial charge in [-0.2, -0.15) is 10.2 Å². The number of carbonyl (C=O) groups is 1. The molecule has 3 heterocycles. The number of amides is 1. The number of rotatable bonds is 3. The summed E-state index contributed by atoms with van der Waals surface area (Å²) in [5.74, 6) is 0.662. The minimum atomic E-state index is 0.0603. The number of nitrogens with one attached hydrogen (secondary N) is 2. The standard InChI is InChI=1S/C18H21N5O/c24-18(17-6-8-19-22-17)23-9-2-3-13(7-10-23)11-14-4-1-5-16-15(14)12-20-21-16/h1,4-6,8,12-13H,2-3,7,9-11H2,(H,19,22)(H,20,21). The molecule has 1 aromatic carbocycles. The Kier molecular flexibility index (Phi) is 4.02. The van der Waals surface area contributed by atoms with Crippen molar-refractivity contribution in [2.45, 2.75) is 25.7 Å². The van der Waals surface area contributed by atoms with E-state index >= 15 is 0 Å². The molecule has 6 nitrogen and oxygen atoms in total. The molecule has 6 heteroatoms. The van der Waals surface area contributed by atoms with Gasteiger partial charge in [0.2, 0.25) is 0 Å². The van der Waals surface area contributed by atoms with Gasteiger partial charge < -0.3 is 4.90 Å². The number of likely N-dealkylation sites (tertiary alicyclic amines) is 1. The first kappa shape index (κ1) is 14.9. The van der Waals surface area contributed by atoms with Crippen molar-refractivity contribution in [2.75, 3.05) is 13.1 Å². The van der Waals surface area contributed by atoms with Crippen LogP contribution in [0.2, 0.25) is 0 Å². The van der Waals surface area contributed by atoms with Gasteiger partial charge in [0, 0.05) is 24.7 Å². The number of H-pyrrole nitrogens is 2. The quantitative estimate of drug-likeness (QED) is 0.778. The van der Waals surface area contributed by atoms with E-state index in [-0.39, 0.29) is 5.91 Å². The summed E-state index contributed by atoms with van der Waals surface area (Å²) in [6.45, 7) is 1.63. The van der Waals surface area contributed by atoms with Crippen LogP contribution in [0.1, 0.15) is 35.3 Å². The zero-order valence-corrected chi connectivity index (χ0v) is 13.5. The molecule has 124 valence electrons. The lowest BCUT2D eigenvalue weighted by Crippen LogP contribution is -2.32. The summed E-state index contributed by atoms with van der Waals surface area (Å²) in [5, 5.41) is 15.0. The lowest BCUT2D eigenvalue weighted by atomic mass is 9.91. The molecule has 1 amide bonds. The van der Waals surface area contributed by atoms with Crippen LogP contribution in [0.5, 0.6) is 0 Å². The molecule has 1 fully saturated rings. The second kappa shape index (κ2) is 6.47. The molecule has 1 aliphatic rings. The Labute approximate surface area is 140 Å². The van der Waals surface area contributed by atoms with Gasteiger partial charge in [0.1, 0.15) is 5.69 Å². The summed E-state index contributed by atoms with van der Waals surface area (Å²) in [4.78, 5) is 14.4. The van der Waals surface area contributed by atoms with Crippen molar-refractivity contribution in [2.24, 2.45) is 5.92 Å². The fourth-order valence-electron chi connectivity index (χ4n) is 3.64. The van der Waals surface area contributed by atoms with Gasteiger partial charge in [-0.25, -0.2) is 0 Å². The van der Waals surface area contributed by atoms with Crippen molar-refractivity contribution in [3.63, 3.8) is 0 Å². The van der Waals surface area contributed by atoms with Gasteiger partial charge in [-0.1, -0.05) is 12.1 Å². The fraction of sp³-hybridized carbons (Fsp3) is 0.389. The molecule has 4 rings (SSSR count). The maximum atomic E-state index is 12.5. The predicted octanol–water partition coefficient (Wildman–Crippen LogP) is 2.77. The van der Waals surface area contributed by atoms with Gasteiger partial charge in [0.25, 0.3) is 5.91 Å². The normalized spacial score (nSPS) is 18.7. The Hall–Kier alpha value is -2.63. The van der Waals surface area contributed by atoms with Crippen LogP contribution in [0.3, 0.4) is 0 Å². The summed E-state index contributed by atoms with van der Waals surface area (Å²) in [6, 6.07) is 8.07. The van der Waals surface area contributed by atoms with E-state index in [4.69, 9.17) is 0 Å². The van der Waals surface area contributed by atoms with Gasteiger partial charge >= 0.3 is 0 Å². The van der Waals surface area contributed by atoms with Crippen LogP contribution < -0.4 is 0 Å². The number of carbonyl (C=O) groups excluding carboxylic acids is 1. The Morgan fingerprint density at radius 2 is 2.12 bits per heavy atom. The molecule has 3 aromatic rings. The molecule has 1 aliphatic heterocycles. The molecule has 24 heavy (non-hydrogen) atoms. The van der Waals surface area contributed by atoms with E-state index in [1.165, 1.54) is 10.9 Å². The van der Waals surface area contributed by atoms with Gasteiger partial charge in [-0.05, 0) is 49.3 Å². The molecule has 1 unspecified atom stereocenters. The second-order valence-corrected chi connectivity index (χ2v) is 6.51. The smallest absolute Gasteiger partial charge is 0.271 e. The number of hydrogen-bond acceptors (Lipinski definition) is 3. The van der Waals surface area contributed by atoms with Crippen molar-refractivity contribution >= 4 is 16.8 Å². The van der Waals surface area contributed by atoms with Crippen LogP contribution >= 0.6 is 0 Å². The van der Waals surface area contributed by atoms with Crippen molar-refractivity contribution < 1.29 is 4.79 Å². The largest absolute Gasteiger partial charge is 0.337 e. The van der Waals surface area contributed by atoms with Crippen molar-refractivity contribution in [3.8, 4) is 0 Å². The van der Waals surface area contributed by atoms with Crippen LogP contribution in [0, 0.1) is 5.92 Å². The highest BCUT2D eigenvalue weighted by atomic mass is 16.2. The van der Waals surface area contributed by atoms with Crippen molar-refractivity contribution in [3.05, 3.63) is 47.9 Å². The lowest BCUT2D eigenvalue weighted by Gasteiger charge is -2.19. The molecule has 2 aromatic heterocycles. The number of benzene rings is 1. The molecule has 0 spiro atoms. The minimum Gasteiger partial charge on any atom is -0.337 e. The predicted molar refractivity (Wildman–Crippen MR) is 91.6 cm³/mol. The summed E-state index contributed by atoms with van der Waals surface area (Å²) >= 11 is 0. The average molecular weight is 323 g/mol. The van der Waals surface area contributed by atoms with E-state index in [0.29, 0.717) is 11.6 Å². The molecule has 0 saturated carbocycles. The third-order valence-electron chi connectivity index (χ3n) is 4.95. The Balaban J connectivity index is 1.43. The maximum Gasteiger partial charge on any atom is 0.271 e. The van der Waals surface area contributed by atoms with E-state index in [9.17, 15) is 4.79 Å². The molecule has 0 bridgehead atoms. The van der Waals surface area contributed by atoms with E-state index in [1.807, 2.05) is 11.1 Å². The van der Waals surface area contributed by atoms with Crippen LogP contribution in [-0.4, -0.2) is 44.3 Å². The number of nitrogens with zero attached hydrogens (tertiary/aromatic N) is 3. The van der Waals surface area contributed by atoms with Crippen LogP contribution in [-0.2, 0) is 6.42 Å². The molecule has 0 radical (unpaired) electrons. The van der Waals surface area contributed by atoms with Crippen molar-refractivity contribution in [1.82, 2.24) is 25.3 Å². The van der Waals surface area contributed by atoms with Gasteiger partial charge in [-0.3, -0.25) is 15.0 Å². The van der Waals surface area contributed by atoms with Crippen LogP contribution in [0.15, 0.2) is 36.7 Å². The number of fused-ring (bicyclic) bond motifs is 1. The first-order valence-electron chi connectivity index (χ1n) is 8.51. The molecule has 1 atom stereocenters. The Morgan fingerprint density at radius 1 is 1.17 bits per heavy atom. The summed E-state index contributed by atoms with van der Waals surface area (Å²) in [5.41, 5.74) is 3.02. The number of aromatic amines is 2. The molecular weight excluding hydrogens is 302 g/mol. The average Bonchev–Trinajstić information content (AvgIpc) is 3.24. The highest BCUT2D eigenvalue weighted by Crippen LogP contribution is 2.26. The van der Waals surface area contributed by atoms with Gasteiger partial charge in [0.05, 0.1) is 11.7 Å². The summed E-state index contributed by atoms with van der Waals surface area (Å²) in [6.07, 6.45) is 7.82. The summed E-state index contributed by atoms with van der Waals surface area (Å²) in [7, 11) is 0. The number of hydrogen-bond donors (Lipinski definition) is 2. The monoisotopic (exact) mass is 323 g/mol. The van der Waals surface area contributed by atoms with Gasteiger partial charge in [0.15, 0.2) is 0 Å². The van der Waals surface area contributed by atoms with Crippen LogP contribution in [0.4, 0.5) is 0 Å². The molecule has 2 N–H and O–H groups in total. The molecular formula is C18H21N5O. The summed E-state index contributed by atoms with van der Waals surface area (Å²) < 4.78 is 0. The lowest BCUT2D eigenvalue weighted by molar-refractivity contribution is 0.0754. The SMILES string of the molecule is O=C(c1ccn[nH]1)N1CCCC(Cc2cccc3[nH]ncc23)CC1. The zero-order chi connectivity index (χ0) is 16.4. The van der Waals surface area contributed by atoms with E-state index < -0.39 is 0 Å². The maximum absolute atomic E-state index is 12.5. The first-order valence-corrected chi connectivity index (χ1v) is 8.51. The van der Waals surface area contributed by atoms with E-state index in [0.717, 1.165) is 44.3 Å². The van der Waals surface area contributed by atoms with Gasteiger partial charge in [-0.15, -0.1) is 0 Å². The molecule has 0 aliphatic carbocycles. The Bertz CT molecular complexity index is 823. The third kappa shape index (κ3) is 2.91. The van der Waals surface area contributed by atoms with Crippen molar-refractivity contribution in [1.29, 1.82) is 0 Å². The molecule has 1 saturated heterocycles. The van der Waals surface area contributed by atoms with E-state index in [2.05, 4.69) is 38.6 Å². The first-order chi connectivity index (χ1) is 11.8. The third-order valence-corrected chi connectivity index (χ3v) is 4.95. The second-order valence-electron chi connectivity index (χ2n) is 6.51. The van der Waals surface area contributed by atoms with Crippen LogP contribution in [0.25, 0.3) is 10.9 Å². The highest BCUT2D eigenvalue weighted by molar-refractivity contribution is 5.92. The highest BCUT2D eigenvalue weighted by Gasteiger charge is 2.22.